The zero-order chi connectivity index (χ0) is 11.7. The molecule has 1 atom stereocenters. The fraction of sp³-hybridized carbons (Fsp3) is 0.222. The molecular weight excluding hydrogens is 212 g/mol. The van der Waals surface area contributed by atoms with E-state index in [0.29, 0.717) is 5.56 Å². The number of aryl methyl sites for hydroxylation is 1. The second-order valence-electron chi connectivity index (χ2n) is 3.30. The highest BCUT2D eigenvalue weighted by molar-refractivity contribution is 5.86. The molecule has 0 aliphatic carbocycles. The number of nitrogens with zero attached hydrogens (tertiary/aromatic N) is 3. The minimum Gasteiger partial charge on any atom is -0.476 e. The van der Waals surface area contributed by atoms with Crippen molar-refractivity contribution in [3.63, 3.8) is 0 Å². The maximum absolute atomic E-state index is 10.8. The van der Waals surface area contributed by atoms with Gasteiger partial charge in [0.2, 0.25) is 0 Å². The highest BCUT2D eigenvalue weighted by Gasteiger charge is 2.23. The van der Waals surface area contributed by atoms with Crippen LogP contribution in [0.1, 0.15) is 27.9 Å². The molecule has 2 aromatic rings. The van der Waals surface area contributed by atoms with Gasteiger partial charge < -0.3 is 15.3 Å². The minimum absolute atomic E-state index is 0.125. The monoisotopic (exact) mass is 222 g/mol. The lowest BCUT2D eigenvalue weighted by molar-refractivity contribution is 0.0688. The Morgan fingerprint density at radius 2 is 2.44 bits per heavy atom. The van der Waals surface area contributed by atoms with Gasteiger partial charge in [-0.25, -0.2) is 9.78 Å². The lowest BCUT2D eigenvalue weighted by Crippen LogP contribution is -2.14. The summed E-state index contributed by atoms with van der Waals surface area (Å²) in [6, 6.07) is -0.678. The van der Waals surface area contributed by atoms with Crippen molar-refractivity contribution in [3.05, 3.63) is 35.8 Å². The molecule has 2 rings (SSSR count). The molecule has 0 saturated carbocycles. The topological polar surface area (TPSA) is 107 Å². The molecule has 0 aliphatic heterocycles. The van der Waals surface area contributed by atoms with Gasteiger partial charge in [-0.1, -0.05) is 0 Å². The van der Waals surface area contributed by atoms with Gasteiger partial charge in [-0.3, -0.25) is 4.68 Å². The Morgan fingerprint density at radius 1 is 1.69 bits per heavy atom. The first-order valence-electron chi connectivity index (χ1n) is 4.50. The summed E-state index contributed by atoms with van der Waals surface area (Å²) in [5.41, 5.74) is 6.36. The molecule has 0 spiro atoms. The number of rotatable bonds is 3. The van der Waals surface area contributed by atoms with Crippen LogP contribution in [0.25, 0.3) is 0 Å². The van der Waals surface area contributed by atoms with Crippen LogP contribution in [0, 0.1) is 0 Å². The number of oxazole rings is 1. The van der Waals surface area contributed by atoms with Gasteiger partial charge in [-0.2, -0.15) is 5.10 Å². The Hall–Kier alpha value is -2.15. The number of carbonyl (C=O) groups is 1. The van der Waals surface area contributed by atoms with Gasteiger partial charge in [0.05, 0.1) is 12.2 Å². The Morgan fingerprint density at radius 3 is 3.00 bits per heavy atom. The minimum atomic E-state index is -1.16. The van der Waals surface area contributed by atoms with Crippen molar-refractivity contribution in [2.45, 2.75) is 6.04 Å². The third-order valence-corrected chi connectivity index (χ3v) is 2.16. The van der Waals surface area contributed by atoms with Crippen molar-refractivity contribution >= 4 is 5.97 Å². The molecule has 0 fully saturated rings. The average Bonchev–Trinajstić information content (AvgIpc) is 2.84. The molecule has 0 aliphatic rings. The molecule has 1 unspecified atom stereocenters. The maximum Gasteiger partial charge on any atom is 0.358 e. The third kappa shape index (κ3) is 1.68. The van der Waals surface area contributed by atoms with E-state index in [1.807, 2.05) is 0 Å². The predicted molar refractivity (Wildman–Crippen MR) is 52.7 cm³/mol. The van der Waals surface area contributed by atoms with Gasteiger partial charge in [-0.15, -0.1) is 0 Å². The van der Waals surface area contributed by atoms with Crippen LogP contribution >= 0.6 is 0 Å². The standard InChI is InChI=1S/C9H10N4O3/c1-13-3-5(2-12-13)6(10)8-7(9(14)15)11-4-16-8/h2-4,6H,10H2,1H3,(H,14,15). The van der Waals surface area contributed by atoms with Gasteiger partial charge in [0, 0.05) is 18.8 Å². The molecule has 0 radical (unpaired) electrons. The molecule has 7 heteroatoms. The number of nitrogens with two attached hydrogens (primary N) is 1. The highest BCUT2D eigenvalue weighted by atomic mass is 16.4. The zero-order valence-corrected chi connectivity index (χ0v) is 8.49. The third-order valence-electron chi connectivity index (χ3n) is 2.16. The Bertz CT molecular complexity index is 516. The van der Waals surface area contributed by atoms with Gasteiger partial charge in [0.25, 0.3) is 0 Å². The first kappa shape index (κ1) is 10.4. The van der Waals surface area contributed by atoms with E-state index in [1.165, 1.54) is 0 Å². The molecule has 0 bridgehead atoms. The summed E-state index contributed by atoms with van der Waals surface area (Å²) in [6.45, 7) is 0. The van der Waals surface area contributed by atoms with Crippen molar-refractivity contribution in [2.24, 2.45) is 12.8 Å². The Balaban J connectivity index is 2.37. The number of aromatic carboxylic acids is 1. The fourth-order valence-corrected chi connectivity index (χ4v) is 1.39. The lowest BCUT2D eigenvalue weighted by Gasteiger charge is -2.05. The Kier molecular flexibility index (Phi) is 2.45. The van der Waals surface area contributed by atoms with Gasteiger partial charge in [0.1, 0.15) is 0 Å². The van der Waals surface area contributed by atoms with Crippen LogP contribution in [0.2, 0.25) is 0 Å². The van der Waals surface area contributed by atoms with Crippen LogP contribution in [0.4, 0.5) is 0 Å². The van der Waals surface area contributed by atoms with Crippen LogP contribution in [-0.4, -0.2) is 25.8 Å². The quantitative estimate of drug-likeness (QED) is 0.765. The van der Waals surface area contributed by atoms with Gasteiger partial charge in [-0.05, 0) is 0 Å². The van der Waals surface area contributed by atoms with Crippen LogP contribution in [-0.2, 0) is 7.05 Å². The normalized spacial score (nSPS) is 12.6. The number of hydrogen-bond donors (Lipinski definition) is 2. The molecule has 16 heavy (non-hydrogen) atoms. The largest absolute Gasteiger partial charge is 0.476 e. The summed E-state index contributed by atoms with van der Waals surface area (Å²) in [4.78, 5) is 14.4. The second-order valence-corrected chi connectivity index (χ2v) is 3.30. The summed E-state index contributed by atoms with van der Waals surface area (Å²) >= 11 is 0. The maximum atomic E-state index is 10.8. The first-order chi connectivity index (χ1) is 7.59. The SMILES string of the molecule is Cn1cc(C(N)c2ocnc2C(=O)O)cn1. The van der Waals surface area contributed by atoms with E-state index >= 15 is 0 Å². The molecule has 2 heterocycles. The number of aromatic nitrogens is 3. The van der Waals surface area contributed by atoms with Crippen LogP contribution < -0.4 is 5.73 Å². The Labute approximate surface area is 90.5 Å². The van der Waals surface area contributed by atoms with Crippen LogP contribution in [0.5, 0.6) is 0 Å². The van der Waals surface area contributed by atoms with Crippen molar-refractivity contribution in [1.82, 2.24) is 14.8 Å². The summed E-state index contributed by atoms with van der Waals surface area (Å²) in [5.74, 6) is -1.04. The van der Waals surface area contributed by atoms with E-state index in [2.05, 4.69) is 10.1 Å². The molecular formula is C9H10N4O3. The summed E-state index contributed by atoms with van der Waals surface area (Å²) < 4.78 is 6.57. The smallest absolute Gasteiger partial charge is 0.358 e. The number of carboxylic acid groups (broad SMARTS) is 1. The second kappa shape index (κ2) is 3.78. The van der Waals surface area contributed by atoms with Crippen LogP contribution in [0.3, 0.4) is 0 Å². The summed E-state index contributed by atoms with van der Waals surface area (Å²) in [5, 5.41) is 12.8. The molecule has 84 valence electrons. The van der Waals surface area contributed by atoms with E-state index in [0.717, 1.165) is 6.39 Å². The van der Waals surface area contributed by atoms with E-state index in [9.17, 15) is 4.79 Å². The zero-order valence-electron chi connectivity index (χ0n) is 8.49. The van der Waals surface area contributed by atoms with E-state index in [4.69, 9.17) is 15.3 Å². The molecule has 0 amide bonds. The predicted octanol–water partition coefficient (Wildman–Crippen LogP) is 0.154. The van der Waals surface area contributed by atoms with Crippen molar-refractivity contribution in [2.75, 3.05) is 0 Å². The van der Waals surface area contributed by atoms with E-state index in [1.54, 1.807) is 24.1 Å². The van der Waals surface area contributed by atoms with Gasteiger partial charge in [0.15, 0.2) is 17.8 Å². The van der Waals surface area contributed by atoms with Crippen molar-refractivity contribution in [3.8, 4) is 0 Å². The molecule has 2 aromatic heterocycles. The summed E-state index contributed by atoms with van der Waals surface area (Å²) in [6.07, 6.45) is 4.31. The number of hydrogen-bond acceptors (Lipinski definition) is 5. The summed E-state index contributed by atoms with van der Waals surface area (Å²) in [7, 11) is 1.74. The number of carboxylic acids is 1. The highest BCUT2D eigenvalue weighted by Crippen LogP contribution is 2.21. The van der Waals surface area contributed by atoms with Gasteiger partial charge >= 0.3 is 5.97 Å². The molecule has 0 saturated heterocycles. The average molecular weight is 222 g/mol. The van der Waals surface area contributed by atoms with Crippen LogP contribution in [0.15, 0.2) is 23.2 Å². The van der Waals surface area contributed by atoms with Crippen molar-refractivity contribution < 1.29 is 14.3 Å². The molecule has 3 N–H and O–H groups in total. The van der Waals surface area contributed by atoms with E-state index < -0.39 is 12.0 Å². The molecule has 0 aromatic carbocycles. The van der Waals surface area contributed by atoms with E-state index in [-0.39, 0.29) is 11.5 Å². The van der Waals surface area contributed by atoms with Crippen molar-refractivity contribution in [1.29, 1.82) is 0 Å². The first-order valence-corrected chi connectivity index (χ1v) is 4.50. The molecule has 7 nitrogen and oxygen atoms in total. The fourth-order valence-electron chi connectivity index (χ4n) is 1.39. The lowest BCUT2D eigenvalue weighted by atomic mass is 10.1.